The molecule has 0 saturated carbocycles. The molecule has 0 aliphatic rings. The van der Waals surface area contributed by atoms with E-state index in [1.165, 1.54) is 11.1 Å². The van der Waals surface area contributed by atoms with Crippen LogP contribution in [0.1, 0.15) is 16.8 Å². The van der Waals surface area contributed by atoms with Crippen molar-refractivity contribution in [3.63, 3.8) is 0 Å². The summed E-state index contributed by atoms with van der Waals surface area (Å²) in [7, 11) is 1.90. The Hall–Kier alpha value is -2.08. The molecule has 0 spiro atoms. The molecule has 0 amide bonds. The Morgan fingerprint density at radius 1 is 1.25 bits per heavy atom. The fraction of sp³-hybridized carbons (Fsp3) is 0.231. The zero-order valence-corrected chi connectivity index (χ0v) is 9.65. The highest BCUT2D eigenvalue weighted by molar-refractivity contribution is 5.66. The summed E-state index contributed by atoms with van der Waals surface area (Å²) in [6.45, 7) is 4.15. The molecule has 3 heteroatoms. The lowest BCUT2D eigenvalue weighted by atomic mass is 10.0. The number of rotatable bonds is 1. The molecule has 0 bridgehead atoms. The molecule has 0 unspecified atom stereocenters. The van der Waals surface area contributed by atoms with Gasteiger partial charge in [-0.25, -0.2) is 4.98 Å². The first-order valence-corrected chi connectivity index (χ1v) is 5.12. The molecule has 16 heavy (non-hydrogen) atoms. The Morgan fingerprint density at radius 2 is 2.00 bits per heavy atom. The fourth-order valence-corrected chi connectivity index (χ4v) is 1.74. The summed E-state index contributed by atoms with van der Waals surface area (Å²) >= 11 is 0. The highest BCUT2D eigenvalue weighted by Gasteiger charge is 2.10. The van der Waals surface area contributed by atoms with Gasteiger partial charge in [-0.1, -0.05) is 12.1 Å². The summed E-state index contributed by atoms with van der Waals surface area (Å²) in [5, 5.41) is 8.99. The van der Waals surface area contributed by atoms with Crippen molar-refractivity contribution in [1.82, 2.24) is 9.55 Å². The number of nitriles is 1. The SMILES string of the molecule is Cc1ccc(-c2c(C#N)ncn2C)cc1C. The summed E-state index contributed by atoms with van der Waals surface area (Å²) in [6, 6.07) is 8.30. The highest BCUT2D eigenvalue weighted by Crippen LogP contribution is 2.24. The van der Waals surface area contributed by atoms with Gasteiger partial charge in [0.2, 0.25) is 0 Å². The molecule has 1 aromatic carbocycles. The van der Waals surface area contributed by atoms with Crippen LogP contribution < -0.4 is 0 Å². The second-order valence-corrected chi connectivity index (χ2v) is 3.96. The van der Waals surface area contributed by atoms with E-state index in [4.69, 9.17) is 5.26 Å². The number of hydrogen-bond donors (Lipinski definition) is 0. The third-order valence-electron chi connectivity index (χ3n) is 2.82. The van der Waals surface area contributed by atoms with Gasteiger partial charge in [0.05, 0.1) is 12.0 Å². The molecule has 2 rings (SSSR count). The monoisotopic (exact) mass is 211 g/mol. The van der Waals surface area contributed by atoms with Crippen LogP contribution in [0, 0.1) is 25.2 Å². The minimum Gasteiger partial charge on any atom is -0.333 e. The maximum atomic E-state index is 8.99. The zero-order chi connectivity index (χ0) is 11.7. The maximum Gasteiger partial charge on any atom is 0.166 e. The number of nitrogens with zero attached hydrogens (tertiary/aromatic N) is 3. The van der Waals surface area contributed by atoms with E-state index in [0.717, 1.165) is 11.3 Å². The van der Waals surface area contributed by atoms with E-state index in [1.807, 2.05) is 17.7 Å². The predicted octanol–water partition coefficient (Wildman–Crippen LogP) is 2.58. The van der Waals surface area contributed by atoms with Gasteiger partial charge in [-0.2, -0.15) is 5.26 Å². The van der Waals surface area contributed by atoms with E-state index in [-0.39, 0.29) is 0 Å². The molecular weight excluding hydrogens is 198 g/mol. The molecule has 0 aliphatic carbocycles. The Bertz CT molecular complexity index is 573. The van der Waals surface area contributed by atoms with Gasteiger partial charge in [0.15, 0.2) is 5.69 Å². The third kappa shape index (κ3) is 1.59. The van der Waals surface area contributed by atoms with Crippen LogP contribution >= 0.6 is 0 Å². The molecule has 1 heterocycles. The molecule has 0 fully saturated rings. The van der Waals surface area contributed by atoms with Crippen molar-refractivity contribution >= 4 is 0 Å². The highest BCUT2D eigenvalue weighted by atomic mass is 15.0. The van der Waals surface area contributed by atoms with Gasteiger partial charge in [-0.05, 0) is 31.0 Å². The molecule has 2 aromatic rings. The van der Waals surface area contributed by atoms with Gasteiger partial charge in [-0.3, -0.25) is 0 Å². The minimum absolute atomic E-state index is 0.478. The Morgan fingerprint density at radius 3 is 2.62 bits per heavy atom. The Balaban J connectivity index is 2.63. The van der Waals surface area contributed by atoms with Crippen LogP contribution in [-0.4, -0.2) is 9.55 Å². The second-order valence-electron chi connectivity index (χ2n) is 3.96. The first-order valence-electron chi connectivity index (χ1n) is 5.12. The number of benzene rings is 1. The number of aryl methyl sites for hydroxylation is 3. The van der Waals surface area contributed by atoms with Crippen molar-refractivity contribution in [2.24, 2.45) is 7.05 Å². The summed E-state index contributed by atoms with van der Waals surface area (Å²) in [4.78, 5) is 4.06. The maximum absolute atomic E-state index is 8.99. The molecule has 0 N–H and O–H groups in total. The number of hydrogen-bond acceptors (Lipinski definition) is 2. The zero-order valence-electron chi connectivity index (χ0n) is 9.65. The van der Waals surface area contributed by atoms with Crippen LogP contribution in [0.3, 0.4) is 0 Å². The smallest absolute Gasteiger partial charge is 0.166 e. The van der Waals surface area contributed by atoms with E-state index in [0.29, 0.717) is 5.69 Å². The van der Waals surface area contributed by atoms with E-state index in [1.54, 1.807) is 6.33 Å². The van der Waals surface area contributed by atoms with E-state index in [2.05, 4.69) is 37.0 Å². The normalized spacial score (nSPS) is 10.1. The predicted molar refractivity (Wildman–Crippen MR) is 62.8 cm³/mol. The standard InChI is InChI=1S/C13H13N3/c1-9-4-5-11(6-10(9)2)13-12(7-14)15-8-16(13)3/h4-6,8H,1-3H3. The van der Waals surface area contributed by atoms with Crippen LogP contribution in [0.5, 0.6) is 0 Å². The fourth-order valence-electron chi connectivity index (χ4n) is 1.74. The Kier molecular flexibility index (Phi) is 2.49. The van der Waals surface area contributed by atoms with E-state index in [9.17, 15) is 0 Å². The minimum atomic E-state index is 0.478. The topological polar surface area (TPSA) is 41.6 Å². The Labute approximate surface area is 95.0 Å². The average molecular weight is 211 g/mol. The van der Waals surface area contributed by atoms with Crippen LogP contribution in [0.25, 0.3) is 11.3 Å². The van der Waals surface area contributed by atoms with Crippen molar-refractivity contribution in [1.29, 1.82) is 5.26 Å². The van der Waals surface area contributed by atoms with Crippen LogP contribution in [0.4, 0.5) is 0 Å². The lowest BCUT2D eigenvalue weighted by Gasteiger charge is -2.06. The molecule has 3 nitrogen and oxygen atoms in total. The summed E-state index contributed by atoms with van der Waals surface area (Å²) < 4.78 is 1.88. The van der Waals surface area contributed by atoms with Crippen molar-refractivity contribution in [2.45, 2.75) is 13.8 Å². The van der Waals surface area contributed by atoms with Crippen molar-refractivity contribution in [3.8, 4) is 17.3 Å². The molecule has 0 saturated heterocycles. The van der Waals surface area contributed by atoms with E-state index >= 15 is 0 Å². The average Bonchev–Trinajstić information content (AvgIpc) is 2.64. The first-order chi connectivity index (χ1) is 7.63. The summed E-state index contributed by atoms with van der Waals surface area (Å²) in [6.07, 6.45) is 1.67. The first kappa shape index (κ1) is 10.4. The summed E-state index contributed by atoms with van der Waals surface area (Å²) in [5.74, 6) is 0. The third-order valence-corrected chi connectivity index (χ3v) is 2.82. The van der Waals surface area contributed by atoms with Crippen molar-refractivity contribution in [3.05, 3.63) is 41.3 Å². The lowest BCUT2D eigenvalue weighted by Crippen LogP contribution is -1.93. The molecule has 0 aliphatic heterocycles. The molecule has 1 aromatic heterocycles. The molecule has 0 atom stereocenters. The lowest BCUT2D eigenvalue weighted by molar-refractivity contribution is 0.921. The summed E-state index contributed by atoms with van der Waals surface area (Å²) in [5.41, 5.74) is 4.88. The van der Waals surface area contributed by atoms with Gasteiger partial charge in [0, 0.05) is 12.6 Å². The quantitative estimate of drug-likeness (QED) is 0.727. The van der Waals surface area contributed by atoms with Gasteiger partial charge >= 0.3 is 0 Å². The van der Waals surface area contributed by atoms with E-state index < -0.39 is 0 Å². The van der Waals surface area contributed by atoms with Crippen LogP contribution in [0.2, 0.25) is 0 Å². The van der Waals surface area contributed by atoms with Crippen molar-refractivity contribution in [2.75, 3.05) is 0 Å². The number of aromatic nitrogens is 2. The molecular formula is C13H13N3. The van der Waals surface area contributed by atoms with Crippen LogP contribution in [0.15, 0.2) is 24.5 Å². The van der Waals surface area contributed by atoms with Crippen LogP contribution in [-0.2, 0) is 7.05 Å². The van der Waals surface area contributed by atoms with Gasteiger partial charge in [0.25, 0.3) is 0 Å². The molecule has 0 radical (unpaired) electrons. The molecule has 80 valence electrons. The van der Waals surface area contributed by atoms with Gasteiger partial charge in [-0.15, -0.1) is 0 Å². The van der Waals surface area contributed by atoms with Gasteiger partial charge in [0.1, 0.15) is 6.07 Å². The second kappa shape index (κ2) is 3.82. The largest absolute Gasteiger partial charge is 0.333 e. The van der Waals surface area contributed by atoms with Crippen molar-refractivity contribution < 1.29 is 0 Å². The van der Waals surface area contributed by atoms with Gasteiger partial charge < -0.3 is 4.57 Å². The number of imidazole rings is 1.